The highest BCUT2D eigenvalue weighted by Crippen LogP contribution is 2.31. The van der Waals surface area contributed by atoms with Crippen LogP contribution in [0.25, 0.3) is 11.5 Å². The molecule has 1 aliphatic heterocycles. The molecular weight excluding hydrogens is 368 g/mol. The van der Waals surface area contributed by atoms with Gasteiger partial charge in [0.1, 0.15) is 5.69 Å². The number of aromatic amines is 1. The summed E-state index contributed by atoms with van der Waals surface area (Å²) in [6, 6.07) is 11.5. The molecule has 150 valence electrons. The van der Waals surface area contributed by atoms with E-state index in [1.165, 1.54) is 0 Å². The average Bonchev–Trinajstić information content (AvgIpc) is 2.97. The fourth-order valence-corrected chi connectivity index (χ4v) is 3.76. The minimum Gasteiger partial charge on any atom is -0.493 e. The summed E-state index contributed by atoms with van der Waals surface area (Å²) in [6.07, 6.45) is 3.07. The summed E-state index contributed by atoms with van der Waals surface area (Å²) >= 11 is 0. The topological polar surface area (TPSA) is 80.3 Å². The first-order chi connectivity index (χ1) is 14.2. The fraction of sp³-hybridized carbons (Fsp3) is 0.318. The number of nitrogens with zero attached hydrogens (tertiary/aromatic N) is 3. The van der Waals surface area contributed by atoms with Crippen LogP contribution in [0.5, 0.6) is 11.5 Å². The summed E-state index contributed by atoms with van der Waals surface area (Å²) in [5.41, 5.74) is 3.29. The second kappa shape index (κ2) is 8.45. The molecule has 1 N–H and O–H groups in total. The molecule has 7 heteroatoms. The molecule has 1 aromatic carbocycles. The first-order valence-electron chi connectivity index (χ1n) is 9.65. The van der Waals surface area contributed by atoms with Gasteiger partial charge in [0.2, 0.25) is 0 Å². The lowest BCUT2D eigenvalue weighted by Gasteiger charge is -2.21. The maximum absolute atomic E-state index is 12.7. The Balaban J connectivity index is 1.56. The second-order valence-electron chi connectivity index (χ2n) is 6.98. The Hall–Kier alpha value is -3.19. The number of hydrogen-bond acceptors (Lipinski definition) is 6. The predicted octanol–water partition coefficient (Wildman–Crippen LogP) is 2.45. The maximum Gasteiger partial charge on any atom is 0.254 e. The van der Waals surface area contributed by atoms with E-state index < -0.39 is 0 Å². The van der Waals surface area contributed by atoms with Gasteiger partial charge in [-0.2, -0.15) is 0 Å². The molecule has 0 radical (unpaired) electrons. The van der Waals surface area contributed by atoms with E-state index in [-0.39, 0.29) is 5.56 Å². The summed E-state index contributed by atoms with van der Waals surface area (Å²) in [6.45, 7) is 2.31. The van der Waals surface area contributed by atoms with Crippen LogP contribution in [0.2, 0.25) is 0 Å². The minimum absolute atomic E-state index is 0.0727. The van der Waals surface area contributed by atoms with Crippen molar-refractivity contribution in [3.8, 4) is 23.0 Å². The lowest BCUT2D eigenvalue weighted by Crippen LogP contribution is -2.26. The molecule has 4 rings (SSSR count). The molecule has 0 atom stereocenters. The monoisotopic (exact) mass is 392 g/mol. The Morgan fingerprint density at radius 2 is 1.93 bits per heavy atom. The summed E-state index contributed by atoms with van der Waals surface area (Å²) in [5.74, 6) is 2.00. The van der Waals surface area contributed by atoms with Gasteiger partial charge in [0, 0.05) is 43.4 Å². The summed E-state index contributed by atoms with van der Waals surface area (Å²) in [7, 11) is 3.30. The van der Waals surface area contributed by atoms with Crippen molar-refractivity contribution >= 4 is 0 Å². The van der Waals surface area contributed by atoms with Crippen molar-refractivity contribution in [1.29, 1.82) is 0 Å². The first-order valence-corrected chi connectivity index (χ1v) is 9.65. The summed E-state index contributed by atoms with van der Waals surface area (Å²) in [5, 5.41) is 0. The highest BCUT2D eigenvalue weighted by molar-refractivity contribution is 5.49. The van der Waals surface area contributed by atoms with E-state index in [0.29, 0.717) is 24.4 Å². The van der Waals surface area contributed by atoms with Crippen molar-refractivity contribution in [2.45, 2.75) is 19.4 Å². The van der Waals surface area contributed by atoms with Gasteiger partial charge in [-0.1, -0.05) is 18.2 Å². The number of hydrogen-bond donors (Lipinski definition) is 1. The first kappa shape index (κ1) is 19.1. The number of fused-ring (bicyclic) bond motifs is 1. The number of ether oxygens (including phenoxy) is 2. The molecule has 0 spiro atoms. The molecule has 1 aliphatic rings. The number of para-hydroxylation sites is 1. The molecule has 0 saturated heterocycles. The van der Waals surface area contributed by atoms with Crippen LogP contribution >= 0.6 is 0 Å². The molecule has 0 amide bonds. The van der Waals surface area contributed by atoms with Gasteiger partial charge in [0.05, 0.1) is 19.9 Å². The molecule has 3 aromatic rings. The number of benzene rings is 1. The average molecular weight is 392 g/mol. The van der Waals surface area contributed by atoms with Gasteiger partial charge in [-0.05, 0) is 24.6 Å². The third-order valence-electron chi connectivity index (χ3n) is 5.23. The molecule has 0 bridgehead atoms. The number of nitrogens with one attached hydrogen (secondary N) is 1. The summed E-state index contributed by atoms with van der Waals surface area (Å²) < 4.78 is 11.0. The molecule has 3 heterocycles. The van der Waals surface area contributed by atoms with E-state index in [0.717, 1.165) is 48.0 Å². The van der Waals surface area contributed by atoms with Crippen molar-refractivity contribution in [2.75, 3.05) is 27.3 Å². The number of rotatable bonds is 5. The normalized spacial score (nSPS) is 14.1. The molecule has 0 fully saturated rings. The highest BCUT2D eigenvalue weighted by Gasteiger charge is 2.21. The zero-order chi connectivity index (χ0) is 20.2. The Morgan fingerprint density at radius 3 is 2.69 bits per heavy atom. The lowest BCUT2D eigenvalue weighted by atomic mass is 10.1. The smallest absolute Gasteiger partial charge is 0.254 e. The van der Waals surface area contributed by atoms with Crippen molar-refractivity contribution in [2.24, 2.45) is 0 Å². The molecular formula is C22H24N4O3. The van der Waals surface area contributed by atoms with Crippen LogP contribution < -0.4 is 15.0 Å². The zero-order valence-electron chi connectivity index (χ0n) is 16.6. The van der Waals surface area contributed by atoms with Gasteiger partial charge in [-0.3, -0.25) is 14.7 Å². The predicted molar refractivity (Wildman–Crippen MR) is 110 cm³/mol. The summed E-state index contributed by atoms with van der Waals surface area (Å²) in [4.78, 5) is 26.9. The van der Waals surface area contributed by atoms with Crippen LogP contribution in [-0.2, 0) is 19.4 Å². The van der Waals surface area contributed by atoms with Gasteiger partial charge in [-0.15, -0.1) is 0 Å². The Kier molecular flexibility index (Phi) is 5.57. The Bertz CT molecular complexity index is 1050. The lowest BCUT2D eigenvalue weighted by molar-refractivity contribution is 0.270. The highest BCUT2D eigenvalue weighted by atomic mass is 16.5. The van der Waals surface area contributed by atoms with Gasteiger partial charge >= 0.3 is 0 Å². The molecule has 29 heavy (non-hydrogen) atoms. The van der Waals surface area contributed by atoms with Crippen molar-refractivity contribution in [1.82, 2.24) is 19.9 Å². The van der Waals surface area contributed by atoms with E-state index in [1.807, 2.05) is 36.4 Å². The third-order valence-corrected chi connectivity index (χ3v) is 5.23. The second-order valence-corrected chi connectivity index (χ2v) is 6.98. The largest absolute Gasteiger partial charge is 0.493 e. The van der Waals surface area contributed by atoms with Crippen molar-refractivity contribution < 1.29 is 9.47 Å². The maximum atomic E-state index is 12.7. The SMILES string of the molecule is COc1cccc(CN2CCc3nc(-c4ccccn4)[nH]c(=O)c3CC2)c1OC. The van der Waals surface area contributed by atoms with Crippen LogP contribution in [-0.4, -0.2) is 47.2 Å². The van der Waals surface area contributed by atoms with E-state index in [4.69, 9.17) is 14.5 Å². The van der Waals surface area contributed by atoms with E-state index in [9.17, 15) is 4.79 Å². The Labute approximate surface area is 169 Å². The van der Waals surface area contributed by atoms with Crippen molar-refractivity contribution in [3.63, 3.8) is 0 Å². The van der Waals surface area contributed by atoms with Gasteiger partial charge in [-0.25, -0.2) is 4.98 Å². The van der Waals surface area contributed by atoms with Crippen LogP contribution in [0.3, 0.4) is 0 Å². The van der Waals surface area contributed by atoms with E-state index in [1.54, 1.807) is 20.4 Å². The fourth-order valence-electron chi connectivity index (χ4n) is 3.76. The van der Waals surface area contributed by atoms with E-state index >= 15 is 0 Å². The minimum atomic E-state index is -0.0727. The van der Waals surface area contributed by atoms with Crippen LogP contribution in [0, 0.1) is 0 Å². The molecule has 0 unspecified atom stereocenters. The standard InChI is InChI=1S/C22H24N4O3/c1-28-19-8-5-6-15(20(19)29-2)14-26-12-9-16-17(10-13-26)24-21(25-22(16)27)18-7-3-4-11-23-18/h3-8,11H,9-10,12-14H2,1-2H3,(H,24,25,27). The van der Waals surface area contributed by atoms with Gasteiger partial charge in [0.15, 0.2) is 17.3 Å². The molecule has 0 saturated carbocycles. The van der Waals surface area contributed by atoms with Gasteiger partial charge < -0.3 is 14.5 Å². The van der Waals surface area contributed by atoms with Crippen LogP contribution in [0.15, 0.2) is 47.4 Å². The number of methoxy groups -OCH3 is 2. The Morgan fingerprint density at radius 1 is 1.07 bits per heavy atom. The van der Waals surface area contributed by atoms with E-state index in [2.05, 4.69) is 14.9 Å². The van der Waals surface area contributed by atoms with Crippen LogP contribution in [0.4, 0.5) is 0 Å². The number of aromatic nitrogens is 3. The van der Waals surface area contributed by atoms with Gasteiger partial charge in [0.25, 0.3) is 5.56 Å². The number of H-pyrrole nitrogens is 1. The molecule has 0 aliphatic carbocycles. The molecule has 2 aromatic heterocycles. The van der Waals surface area contributed by atoms with Crippen LogP contribution in [0.1, 0.15) is 16.8 Å². The molecule has 7 nitrogen and oxygen atoms in total. The number of pyridine rings is 1. The van der Waals surface area contributed by atoms with Crippen molar-refractivity contribution in [3.05, 3.63) is 69.8 Å². The third kappa shape index (κ3) is 4.00. The zero-order valence-corrected chi connectivity index (χ0v) is 16.6. The quantitative estimate of drug-likeness (QED) is 0.718.